The second-order valence-electron chi connectivity index (χ2n) is 4.60. The van der Waals surface area contributed by atoms with Gasteiger partial charge in [0.2, 0.25) is 5.95 Å². The molecule has 0 saturated heterocycles. The molecule has 1 aliphatic rings. The lowest BCUT2D eigenvalue weighted by Crippen LogP contribution is -2.12. The summed E-state index contributed by atoms with van der Waals surface area (Å²) in [7, 11) is 1.83. The number of nitrogens with two attached hydrogens (primary N) is 1. The Morgan fingerprint density at radius 3 is 2.94 bits per heavy atom. The molecule has 0 saturated carbocycles. The fraction of sp³-hybridized carbons (Fsp3) is 0.385. The van der Waals surface area contributed by atoms with E-state index in [0.717, 1.165) is 18.7 Å². The van der Waals surface area contributed by atoms with Crippen molar-refractivity contribution in [3.8, 4) is 0 Å². The molecule has 1 aliphatic carbocycles. The van der Waals surface area contributed by atoms with Crippen LogP contribution >= 0.6 is 0 Å². The number of hydrogen-bond acceptors (Lipinski definition) is 3. The Kier molecular flexibility index (Phi) is 2.35. The summed E-state index contributed by atoms with van der Waals surface area (Å²) in [6.07, 6.45) is 3.47. The van der Waals surface area contributed by atoms with Crippen molar-refractivity contribution in [2.45, 2.75) is 25.2 Å². The summed E-state index contributed by atoms with van der Waals surface area (Å²) in [5.74, 6) is 1.66. The number of benzene rings is 1. The van der Waals surface area contributed by atoms with Crippen molar-refractivity contribution < 1.29 is 0 Å². The van der Waals surface area contributed by atoms with E-state index in [9.17, 15) is 0 Å². The average molecular weight is 228 g/mol. The highest BCUT2D eigenvalue weighted by atomic mass is 15.4. The standard InChI is InChI=1S/C13H16N4/c1-17-13(14)15-12(16-17)11-8-4-6-9-5-2-3-7-10(9)11/h2-3,5,7,11H,4,6,8H2,1H3,(H2,14,15,16). The van der Waals surface area contributed by atoms with Gasteiger partial charge in [0.15, 0.2) is 5.82 Å². The first kappa shape index (κ1) is 10.3. The molecular formula is C13H16N4. The summed E-state index contributed by atoms with van der Waals surface area (Å²) in [4.78, 5) is 4.36. The number of nitrogen functional groups attached to an aromatic ring is 1. The largest absolute Gasteiger partial charge is 0.368 e. The minimum Gasteiger partial charge on any atom is -0.368 e. The van der Waals surface area contributed by atoms with Gasteiger partial charge in [-0.3, -0.25) is 0 Å². The van der Waals surface area contributed by atoms with Crippen LogP contribution in [0.15, 0.2) is 24.3 Å². The lowest BCUT2D eigenvalue weighted by Gasteiger charge is -2.22. The second-order valence-corrected chi connectivity index (χ2v) is 4.60. The van der Waals surface area contributed by atoms with Crippen LogP contribution in [-0.4, -0.2) is 14.8 Å². The molecule has 17 heavy (non-hydrogen) atoms. The maximum atomic E-state index is 5.76. The fourth-order valence-corrected chi connectivity index (χ4v) is 2.59. The fourth-order valence-electron chi connectivity index (χ4n) is 2.59. The number of fused-ring (bicyclic) bond motifs is 1. The second kappa shape index (κ2) is 3.87. The molecule has 4 nitrogen and oxygen atoms in total. The van der Waals surface area contributed by atoms with E-state index in [2.05, 4.69) is 34.3 Å². The zero-order chi connectivity index (χ0) is 11.8. The molecule has 0 aliphatic heterocycles. The van der Waals surface area contributed by atoms with Crippen LogP contribution in [0.25, 0.3) is 0 Å². The topological polar surface area (TPSA) is 56.7 Å². The van der Waals surface area contributed by atoms with E-state index in [4.69, 9.17) is 5.73 Å². The van der Waals surface area contributed by atoms with Crippen molar-refractivity contribution in [2.24, 2.45) is 7.05 Å². The minimum absolute atomic E-state index is 0.309. The zero-order valence-corrected chi connectivity index (χ0v) is 9.93. The van der Waals surface area contributed by atoms with Crippen molar-refractivity contribution in [3.63, 3.8) is 0 Å². The molecule has 1 aromatic carbocycles. The molecule has 0 bridgehead atoms. The van der Waals surface area contributed by atoms with Gasteiger partial charge in [-0.25, -0.2) is 4.68 Å². The van der Waals surface area contributed by atoms with Crippen molar-refractivity contribution in [1.82, 2.24) is 14.8 Å². The highest BCUT2D eigenvalue weighted by Gasteiger charge is 2.24. The Bertz CT molecular complexity index is 525. The predicted molar refractivity (Wildman–Crippen MR) is 66.6 cm³/mol. The van der Waals surface area contributed by atoms with Gasteiger partial charge in [0, 0.05) is 13.0 Å². The van der Waals surface area contributed by atoms with E-state index < -0.39 is 0 Å². The van der Waals surface area contributed by atoms with Crippen LogP contribution in [0.3, 0.4) is 0 Å². The van der Waals surface area contributed by atoms with Gasteiger partial charge < -0.3 is 5.73 Å². The van der Waals surface area contributed by atoms with E-state index in [1.807, 2.05) is 7.05 Å². The van der Waals surface area contributed by atoms with Crippen LogP contribution in [0, 0.1) is 0 Å². The number of aryl methyl sites for hydroxylation is 2. The number of anilines is 1. The lowest BCUT2D eigenvalue weighted by molar-refractivity contribution is 0.584. The normalized spacial score (nSPS) is 19.0. The van der Waals surface area contributed by atoms with Crippen molar-refractivity contribution in [3.05, 3.63) is 41.2 Å². The molecule has 3 rings (SSSR count). The Morgan fingerprint density at radius 2 is 2.18 bits per heavy atom. The smallest absolute Gasteiger partial charge is 0.218 e. The van der Waals surface area contributed by atoms with Gasteiger partial charge in [0.05, 0.1) is 0 Å². The monoisotopic (exact) mass is 228 g/mol. The van der Waals surface area contributed by atoms with E-state index >= 15 is 0 Å². The maximum absolute atomic E-state index is 5.76. The Balaban J connectivity index is 2.05. The molecule has 2 aromatic rings. The first-order chi connectivity index (χ1) is 8.25. The Labute approximate surface area is 100 Å². The quantitative estimate of drug-likeness (QED) is 0.810. The SMILES string of the molecule is Cn1nc(C2CCCc3ccccc32)nc1N. The third-order valence-electron chi connectivity index (χ3n) is 3.49. The summed E-state index contributed by atoms with van der Waals surface area (Å²) in [5.41, 5.74) is 8.55. The number of aromatic nitrogens is 3. The van der Waals surface area contributed by atoms with Gasteiger partial charge in [-0.05, 0) is 30.4 Å². The molecule has 1 heterocycles. The maximum Gasteiger partial charge on any atom is 0.218 e. The number of hydrogen-bond donors (Lipinski definition) is 1. The van der Waals surface area contributed by atoms with Gasteiger partial charge in [0.25, 0.3) is 0 Å². The van der Waals surface area contributed by atoms with Crippen molar-refractivity contribution in [2.75, 3.05) is 5.73 Å². The van der Waals surface area contributed by atoms with Gasteiger partial charge in [0.1, 0.15) is 0 Å². The van der Waals surface area contributed by atoms with Crippen LogP contribution in [0.1, 0.15) is 35.7 Å². The average Bonchev–Trinajstić information content (AvgIpc) is 2.69. The first-order valence-corrected chi connectivity index (χ1v) is 6.00. The molecule has 0 fully saturated rings. The third kappa shape index (κ3) is 1.69. The molecule has 0 spiro atoms. The van der Waals surface area contributed by atoms with Crippen molar-refractivity contribution in [1.29, 1.82) is 0 Å². The molecule has 0 radical (unpaired) electrons. The molecule has 1 aromatic heterocycles. The predicted octanol–water partition coefficient (Wildman–Crippen LogP) is 1.87. The molecule has 1 atom stereocenters. The van der Waals surface area contributed by atoms with Crippen LogP contribution < -0.4 is 5.73 Å². The summed E-state index contributed by atoms with van der Waals surface area (Å²) in [5, 5.41) is 4.41. The van der Waals surface area contributed by atoms with E-state index in [0.29, 0.717) is 11.9 Å². The van der Waals surface area contributed by atoms with Gasteiger partial charge >= 0.3 is 0 Å². The first-order valence-electron chi connectivity index (χ1n) is 6.00. The number of nitrogens with zero attached hydrogens (tertiary/aromatic N) is 3. The molecule has 2 N–H and O–H groups in total. The molecular weight excluding hydrogens is 212 g/mol. The Hall–Kier alpha value is -1.84. The highest BCUT2D eigenvalue weighted by Crippen LogP contribution is 2.35. The molecule has 88 valence electrons. The van der Waals surface area contributed by atoms with Crippen LogP contribution in [0.5, 0.6) is 0 Å². The third-order valence-corrected chi connectivity index (χ3v) is 3.49. The van der Waals surface area contributed by atoms with Crippen LogP contribution in [0.2, 0.25) is 0 Å². The molecule has 4 heteroatoms. The van der Waals surface area contributed by atoms with E-state index in [-0.39, 0.29) is 0 Å². The summed E-state index contributed by atoms with van der Waals surface area (Å²) in [6, 6.07) is 8.57. The highest BCUT2D eigenvalue weighted by molar-refractivity contribution is 5.37. The van der Waals surface area contributed by atoms with Crippen LogP contribution in [-0.2, 0) is 13.5 Å². The van der Waals surface area contributed by atoms with Gasteiger partial charge in [-0.2, -0.15) is 10.1 Å². The van der Waals surface area contributed by atoms with E-state index in [1.165, 1.54) is 17.5 Å². The van der Waals surface area contributed by atoms with Gasteiger partial charge in [-0.15, -0.1) is 0 Å². The molecule has 1 unspecified atom stereocenters. The van der Waals surface area contributed by atoms with Crippen molar-refractivity contribution >= 4 is 5.95 Å². The summed E-state index contributed by atoms with van der Waals surface area (Å²) < 4.78 is 1.65. The lowest BCUT2D eigenvalue weighted by atomic mass is 9.82. The Morgan fingerprint density at radius 1 is 1.35 bits per heavy atom. The zero-order valence-electron chi connectivity index (χ0n) is 9.93. The van der Waals surface area contributed by atoms with Gasteiger partial charge in [-0.1, -0.05) is 24.3 Å². The minimum atomic E-state index is 0.309. The molecule has 0 amide bonds. The summed E-state index contributed by atoms with van der Waals surface area (Å²) >= 11 is 0. The van der Waals surface area contributed by atoms with Crippen LogP contribution in [0.4, 0.5) is 5.95 Å². The number of rotatable bonds is 1. The summed E-state index contributed by atoms with van der Waals surface area (Å²) in [6.45, 7) is 0. The van der Waals surface area contributed by atoms with E-state index in [1.54, 1.807) is 4.68 Å².